The summed E-state index contributed by atoms with van der Waals surface area (Å²) in [6.07, 6.45) is 2.79. The van der Waals surface area contributed by atoms with Crippen molar-refractivity contribution in [2.75, 3.05) is 6.54 Å². The van der Waals surface area contributed by atoms with Crippen LogP contribution in [0.25, 0.3) is 0 Å². The van der Waals surface area contributed by atoms with Crippen molar-refractivity contribution < 1.29 is 4.39 Å². The fourth-order valence-electron chi connectivity index (χ4n) is 1.85. The van der Waals surface area contributed by atoms with Crippen molar-refractivity contribution >= 4 is 11.6 Å². The van der Waals surface area contributed by atoms with Crippen LogP contribution in [0.5, 0.6) is 0 Å². The molecule has 4 nitrogen and oxygen atoms in total. The van der Waals surface area contributed by atoms with Crippen molar-refractivity contribution in [2.45, 2.75) is 13.0 Å². The molecule has 96 valence electrons. The van der Waals surface area contributed by atoms with Crippen LogP contribution in [-0.4, -0.2) is 21.3 Å². The van der Waals surface area contributed by atoms with E-state index in [2.05, 4.69) is 15.4 Å². The first kappa shape index (κ1) is 13.0. The van der Waals surface area contributed by atoms with E-state index in [1.165, 1.54) is 12.3 Å². The van der Waals surface area contributed by atoms with E-state index >= 15 is 0 Å². The van der Waals surface area contributed by atoms with Crippen LogP contribution < -0.4 is 5.32 Å². The molecule has 18 heavy (non-hydrogen) atoms. The molecule has 1 N–H and O–H groups in total. The maximum absolute atomic E-state index is 12.9. The molecule has 0 amide bonds. The van der Waals surface area contributed by atoms with Crippen LogP contribution in [-0.2, 0) is 7.05 Å². The van der Waals surface area contributed by atoms with Gasteiger partial charge in [0.2, 0.25) is 0 Å². The predicted molar refractivity (Wildman–Crippen MR) is 67.9 cm³/mol. The molecule has 6 heteroatoms. The summed E-state index contributed by atoms with van der Waals surface area (Å²) in [5, 5.41) is 7.94. The summed E-state index contributed by atoms with van der Waals surface area (Å²) < 4.78 is 14.6. The van der Waals surface area contributed by atoms with Crippen LogP contribution in [0.15, 0.2) is 24.5 Å². The zero-order valence-electron chi connectivity index (χ0n) is 10.2. The predicted octanol–water partition coefficient (Wildman–Crippen LogP) is 2.31. The zero-order valence-corrected chi connectivity index (χ0v) is 10.9. The quantitative estimate of drug-likeness (QED) is 0.925. The number of nitrogens with one attached hydrogen (secondary N) is 1. The van der Waals surface area contributed by atoms with E-state index < -0.39 is 0 Å². The Hall–Kier alpha value is -1.46. The molecule has 2 rings (SSSR count). The number of nitrogens with zero attached hydrogens (tertiary/aromatic N) is 3. The average molecular weight is 269 g/mol. The SMILES string of the molecule is CCNC(c1ccc(F)cn1)c1c(Cl)cnn1C. The van der Waals surface area contributed by atoms with Gasteiger partial charge in [0.1, 0.15) is 5.82 Å². The summed E-state index contributed by atoms with van der Waals surface area (Å²) in [5.74, 6) is -0.356. The fourth-order valence-corrected chi connectivity index (χ4v) is 2.12. The maximum Gasteiger partial charge on any atom is 0.141 e. The van der Waals surface area contributed by atoms with E-state index in [1.54, 1.807) is 16.9 Å². The van der Waals surface area contributed by atoms with Gasteiger partial charge < -0.3 is 5.32 Å². The third-order valence-corrected chi connectivity index (χ3v) is 2.96. The summed E-state index contributed by atoms with van der Waals surface area (Å²) >= 11 is 6.13. The van der Waals surface area contributed by atoms with Gasteiger partial charge in [0, 0.05) is 7.05 Å². The first-order chi connectivity index (χ1) is 8.63. The Bertz CT molecular complexity index is 504. The van der Waals surface area contributed by atoms with E-state index in [1.807, 2.05) is 14.0 Å². The third kappa shape index (κ3) is 2.52. The minimum absolute atomic E-state index is 0.199. The molecule has 0 radical (unpaired) electrons. The molecule has 0 aliphatic carbocycles. The fraction of sp³-hybridized carbons (Fsp3) is 0.333. The second kappa shape index (κ2) is 5.46. The van der Waals surface area contributed by atoms with Crippen LogP contribution >= 0.6 is 11.6 Å². The number of hydrogen-bond acceptors (Lipinski definition) is 3. The highest BCUT2D eigenvalue weighted by molar-refractivity contribution is 6.31. The summed E-state index contributed by atoms with van der Waals surface area (Å²) in [4.78, 5) is 4.10. The molecule has 0 aliphatic heterocycles. The molecule has 1 atom stereocenters. The molecule has 0 spiro atoms. The van der Waals surface area contributed by atoms with Gasteiger partial charge in [-0.3, -0.25) is 9.67 Å². The summed E-state index contributed by atoms with van der Waals surface area (Å²) in [6.45, 7) is 2.73. The van der Waals surface area contributed by atoms with Gasteiger partial charge in [0.15, 0.2) is 0 Å². The number of halogens is 2. The highest BCUT2D eigenvalue weighted by Gasteiger charge is 2.21. The Morgan fingerprint density at radius 3 is 2.72 bits per heavy atom. The monoisotopic (exact) mass is 268 g/mol. The maximum atomic E-state index is 12.9. The smallest absolute Gasteiger partial charge is 0.141 e. The molecular formula is C12H14ClFN4. The van der Waals surface area contributed by atoms with E-state index in [0.717, 1.165) is 12.2 Å². The topological polar surface area (TPSA) is 42.7 Å². The van der Waals surface area contributed by atoms with Gasteiger partial charge in [-0.05, 0) is 18.7 Å². The summed E-state index contributed by atoms with van der Waals surface area (Å²) in [7, 11) is 1.81. The van der Waals surface area contributed by atoms with Gasteiger partial charge in [-0.2, -0.15) is 5.10 Å². The van der Waals surface area contributed by atoms with E-state index in [-0.39, 0.29) is 11.9 Å². The molecule has 0 aliphatic rings. The van der Waals surface area contributed by atoms with E-state index in [0.29, 0.717) is 10.7 Å². The molecule has 0 bridgehead atoms. The highest BCUT2D eigenvalue weighted by Crippen LogP contribution is 2.26. The number of hydrogen-bond donors (Lipinski definition) is 1. The lowest BCUT2D eigenvalue weighted by molar-refractivity contribution is 0.556. The Morgan fingerprint density at radius 2 is 2.22 bits per heavy atom. The zero-order chi connectivity index (χ0) is 13.1. The van der Waals surface area contributed by atoms with Crippen LogP contribution in [0.4, 0.5) is 4.39 Å². The summed E-state index contributed by atoms with van der Waals surface area (Å²) in [5.41, 5.74) is 1.53. The lowest BCUT2D eigenvalue weighted by Gasteiger charge is -2.18. The summed E-state index contributed by atoms with van der Waals surface area (Å²) in [6, 6.07) is 2.83. The molecule has 0 fully saturated rings. The molecule has 2 aromatic heterocycles. The van der Waals surface area contributed by atoms with Crippen molar-refractivity contribution in [3.63, 3.8) is 0 Å². The molecule has 0 saturated carbocycles. The molecule has 2 aromatic rings. The standard InChI is InChI=1S/C12H14ClFN4/c1-3-15-11(10-5-4-8(14)6-16-10)12-9(13)7-17-18(12)2/h4-7,11,15H,3H2,1-2H3. The van der Waals surface area contributed by atoms with Crippen LogP contribution in [0.2, 0.25) is 5.02 Å². The van der Waals surface area contributed by atoms with Crippen molar-refractivity contribution in [3.8, 4) is 0 Å². The Kier molecular flexibility index (Phi) is 3.93. The number of rotatable bonds is 4. The molecule has 0 aromatic carbocycles. The molecular weight excluding hydrogens is 255 g/mol. The first-order valence-corrected chi connectivity index (χ1v) is 6.03. The van der Waals surface area contributed by atoms with Crippen molar-refractivity contribution in [1.82, 2.24) is 20.1 Å². The second-order valence-electron chi connectivity index (χ2n) is 3.89. The van der Waals surface area contributed by atoms with E-state index in [4.69, 9.17) is 11.6 Å². The third-order valence-electron chi connectivity index (χ3n) is 2.67. The van der Waals surface area contributed by atoms with Gasteiger partial charge in [0.25, 0.3) is 0 Å². The van der Waals surface area contributed by atoms with Gasteiger partial charge >= 0.3 is 0 Å². The molecule has 1 unspecified atom stereocenters. The lowest BCUT2D eigenvalue weighted by Crippen LogP contribution is -2.25. The first-order valence-electron chi connectivity index (χ1n) is 5.65. The van der Waals surface area contributed by atoms with Gasteiger partial charge in [-0.1, -0.05) is 18.5 Å². The largest absolute Gasteiger partial charge is 0.304 e. The van der Waals surface area contributed by atoms with Gasteiger partial charge in [0.05, 0.1) is 34.8 Å². The Labute approximate surface area is 110 Å². The minimum Gasteiger partial charge on any atom is -0.304 e. The highest BCUT2D eigenvalue weighted by atomic mass is 35.5. The average Bonchev–Trinajstić information content (AvgIpc) is 2.68. The number of aryl methyl sites for hydroxylation is 1. The number of pyridine rings is 1. The second-order valence-corrected chi connectivity index (χ2v) is 4.30. The van der Waals surface area contributed by atoms with Crippen molar-refractivity contribution in [1.29, 1.82) is 0 Å². The van der Waals surface area contributed by atoms with E-state index in [9.17, 15) is 4.39 Å². The van der Waals surface area contributed by atoms with Gasteiger partial charge in [-0.15, -0.1) is 0 Å². The lowest BCUT2D eigenvalue weighted by atomic mass is 10.1. The Balaban J connectivity index is 2.43. The van der Waals surface area contributed by atoms with Crippen molar-refractivity contribution in [3.05, 3.63) is 46.8 Å². The van der Waals surface area contributed by atoms with Gasteiger partial charge in [-0.25, -0.2) is 4.39 Å². The normalized spacial score (nSPS) is 12.7. The van der Waals surface area contributed by atoms with Crippen molar-refractivity contribution in [2.24, 2.45) is 7.05 Å². The Morgan fingerprint density at radius 1 is 1.44 bits per heavy atom. The number of aromatic nitrogens is 3. The molecule has 2 heterocycles. The minimum atomic E-state index is -0.356. The molecule has 0 saturated heterocycles. The van der Waals surface area contributed by atoms with Crippen LogP contribution in [0.3, 0.4) is 0 Å². The van der Waals surface area contributed by atoms with Crippen LogP contribution in [0.1, 0.15) is 24.4 Å². The van der Waals surface area contributed by atoms with Crippen LogP contribution in [0, 0.1) is 5.82 Å².